The van der Waals surface area contributed by atoms with E-state index in [1.807, 2.05) is 30.5 Å². The van der Waals surface area contributed by atoms with Crippen molar-refractivity contribution in [3.05, 3.63) is 47.1 Å². The van der Waals surface area contributed by atoms with Gasteiger partial charge in [-0.2, -0.15) is 4.98 Å². The molecule has 6 heterocycles. The van der Waals surface area contributed by atoms with Crippen molar-refractivity contribution < 1.29 is 14.3 Å². The Hall–Kier alpha value is -3.01. The molecule has 3 aliphatic heterocycles. The average Bonchev–Trinajstić information content (AvgIpc) is 3.45. The third-order valence-corrected chi connectivity index (χ3v) is 6.63. The molecule has 0 spiro atoms. The van der Waals surface area contributed by atoms with Crippen molar-refractivity contribution in [2.45, 2.75) is 32.0 Å². The zero-order valence-corrected chi connectivity index (χ0v) is 17.7. The molecule has 31 heavy (non-hydrogen) atoms. The average molecular weight is 436 g/mol. The number of thiazole rings is 1. The van der Waals surface area contributed by atoms with E-state index in [2.05, 4.69) is 20.2 Å². The largest absolute Gasteiger partial charge is 0.436 e. The molecule has 3 aliphatic rings. The normalized spacial score (nSPS) is 20.1. The molecule has 1 aromatic carbocycles. The number of piperazine rings is 1. The Morgan fingerprint density at radius 3 is 2.84 bits per heavy atom. The Bertz CT molecular complexity index is 1240. The molecule has 4 aromatic rings. The molecule has 2 atom stereocenters. The number of nitrogens with zero attached hydrogens (tertiary/aromatic N) is 4. The fourth-order valence-corrected chi connectivity index (χ4v) is 4.96. The molecule has 0 amide bonds. The van der Waals surface area contributed by atoms with Gasteiger partial charge in [-0.3, -0.25) is 0 Å². The standard InChI is InChI=1S/C22H21N5O3S/c1-12-6-13(11-28)8-24-20(12)29-17-3-2-16(21-23-4-5-31-21)19-18(17)26-22(30-19)27-9-14-7-15(10-27)25-14/h2-6,8,14-15,25,28H,7,9-11H2,1H3. The molecular weight excluding hydrogens is 414 g/mol. The van der Waals surface area contributed by atoms with E-state index in [1.165, 1.54) is 6.42 Å². The Morgan fingerprint density at radius 1 is 1.29 bits per heavy atom. The van der Waals surface area contributed by atoms with Crippen molar-refractivity contribution in [3.8, 4) is 22.2 Å². The molecule has 7 rings (SSSR count). The van der Waals surface area contributed by atoms with Crippen LogP contribution in [0.4, 0.5) is 6.01 Å². The van der Waals surface area contributed by atoms with E-state index in [-0.39, 0.29) is 6.61 Å². The van der Waals surface area contributed by atoms with Gasteiger partial charge in [-0.1, -0.05) is 0 Å². The molecule has 2 bridgehead atoms. The van der Waals surface area contributed by atoms with Crippen LogP contribution in [0.3, 0.4) is 0 Å². The number of nitrogens with one attached hydrogen (secondary N) is 1. The zero-order chi connectivity index (χ0) is 20.9. The van der Waals surface area contributed by atoms with Gasteiger partial charge in [-0.15, -0.1) is 11.3 Å². The van der Waals surface area contributed by atoms with E-state index in [4.69, 9.17) is 14.1 Å². The predicted octanol–water partition coefficient (Wildman–Crippen LogP) is 3.49. The lowest BCUT2D eigenvalue weighted by Gasteiger charge is -2.47. The SMILES string of the molecule is Cc1cc(CO)cnc1Oc1ccc(-c2nccs2)c2oc(N3CC4CC(C3)N4)nc12. The summed E-state index contributed by atoms with van der Waals surface area (Å²) in [5.74, 6) is 1.06. The summed E-state index contributed by atoms with van der Waals surface area (Å²) < 4.78 is 12.5. The summed E-state index contributed by atoms with van der Waals surface area (Å²) in [5, 5.41) is 15.7. The van der Waals surface area contributed by atoms with Gasteiger partial charge >= 0.3 is 0 Å². The number of hydrogen-bond donors (Lipinski definition) is 2. The molecule has 158 valence electrons. The van der Waals surface area contributed by atoms with Crippen LogP contribution in [0.2, 0.25) is 0 Å². The third kappa shape index (κ3) is 3.25. The van der Waals surface area contributed by atoms with Crippen LogP contribution in [0.25, 0.3) is 21.7 Å². The van der Waals surface area contributed by atoms with Crippen LogP contribution >= 0.6 is 11.3 Å². The number of aryl methyl sites for hydroxylation is 1. The van der Waals surface area contributed by atoms with E-state index in [0.29, 0.717) is 40.8 Å². The van der Waals surface area contributed by atoms with E-state index >= 15 is 0 Å². The Balaban J connectivity index is 1.43. The van der Waals surface area contributed by atoms with Crippen molar-refractivity contribution >= 4 is 28.5 Å². The summed E-state index contributed by atoms with van der Waals surface area (Å²) in [5.41, 5.74) is 3.81. The second-order valence-corrected chi connectivity index (χ2v) is 8.94. The number of aliphatic hydroxyl groups excluding tert-OH is 1. The van der Waals surface area contributed by atoms with Crippen LogP contribution in [0.5, 0.6) is 11.6 Å². The minimum atomic E-state index is -0.0554. The minimum absolute atomic E-state index is 0.0554. The Morgan fingerprint density at radius 2 is 2.13 bits per heavy atom. The van der Waals surface area contributed by atoms with Gasteiger partial charge in [0.15, 0.2) is 16.8 Å². The number of fused-ring (bicyclic) bond motifs is 3. The van der Waals surface area contributed by atoms with Gasteiger partial charge in [-0.25, -0.2) is 9.97 Å². The van der Waals surface area contributed by atoms with Gasteiger partial charge in [0.25, 0.3) is 6.01 Å². The molecule has 0 aliphatic carbocycles. The summed E-state index contributed by atoms with van der Waals surface area (Å²) in [6.45, 7) is 3.62. The van der Waals surface area contributed by atoms with Crippen molar-refractivity contribution in [1.29, 1.82) is 0 Å². The highest BCUT2D eigenvalue weighted by Gasteiger charge is 2.38. The summed E-state index contributed by atoms with van der Waals surface area (Å²) in [4.78, 5) is 15.9. The summed E-state index contributed by atoms with van der Waals surface area (Å²) >= 11 is 1.56. The molecule has 2 N–H and O–H groups in total. The van der Waals surface area contributed by atoms with Crippen LogP contribution < -0.4 is 15.0 Å². The van der Waals surface area contributed by atoms with Crippen LogP contribution in [-0.2, 0) is 6.61 Å². The molecular formula is C22H21N5O3S. The number of oxazole rings is 1. The van der Waals surface area contributed by atoms with Crippen molar-refractivity contribution in [3.63, 3.8) is 0 Å². The molecule has 0 saturated carbocycles. The zero-order valence-electron chi connectivity index (χ0n) is 16.9. The summed E-state index contributed by atoms with van der Waals surface area (Å²) in [6, 6.07) is 7.32. The third-order valence-electron chi connectivity index (χ3n) is 5.83. The number of anilines is 1. The second-order valence-electron chi connectivity index (χ2n) is 8.05. The molecule has 3 fully saturated rings. The van der Waals surface area contributed by atoms with Gasteiger partial charge in [-0.05, 0) is 37.1 Å². The van der Waals surface area contributed by atoms with E-state index < -0.39 is 0 Å². The number of hydrogen-bond acceptors (Lipinski definition) is 9. The first-order valence-electron chi connectivity index (χ1n) is 10.3. The monoisotopic (exact) mass is 435 g/mol. The van der Waals surface area contributed by atoms with Crippen molar-refractivity contribution in [1.82, 2.24) is 20.3 Å². The minimum Gasteiger partial charge on any atom is -0.436 e. The predicted molar refractivity (Wildman–Crippen MR) is 118 cm³/mol. The number of ether oxygens (including phenoxy) is 1. The first kappa shape index (κ1) is 18.7. The van der Waals surface area contributed by atoms with Gasteiger partial charge in [0.05, 0.1) is 12.2 Å². The van der Waals surface area contributed by atoms with E-state index in [0.717, 1.165) is 34.8 Å². The van der Waals surface area contributed by atoms with Gasteiger partial charge in [0.2, 0.25) is 5.88 Å². The molecule has 3 aromatic heterocycles. The number of rotatable bonds is 5. The van der Waals surface area contributed by atoms with Crippen LogP contribution in [-0.4, -0.2) is 45.2 Å². The van der Waals surface area contributed by atoms with Gasteiger partial charge in [0, 0.05) is 48.5 Å². The highest BCUT2D eigenvalue weighted by molar-refractivity contribution is 7.13. The number of piperidine rings is 1. The van der Waals surface area contributed by atoms with Crippen LogP contribution in [0, 0.1) is 6.92 Å². The number of aliphatic hydroxyl groups is 1. The van der Waals surface area contributed by atoms with Gasteiger partial charge in [0.1, 0.15) is 5.01 Å². The molecule has 0 radical (unpaired) electrons. The highest BCUT2D eigenvalue weighted by atomic mass is 32.1. The Labute approximate surface area is 182 Å². The number of pyridine rings is 1. The second kappa shape index (κ2) is 7.30. The summed E-state index contributed by atoms with van der Waals surface area (Å²) in [6.07, 6.45) is 4.61. The maximum Gasteiger partial charge on any atom is 0.298 e. The lowest BCUT2D eigenvalue weighted by Crippen LogP contribution is -2.67. The fourth-order valence-electron chi connectivity index (χ4n) is 4.30. The quantitative estimate of drug-likeness (QED) is 0.492. The van der Waals surface area contributed by atoms with Gasteiger partial charge < -0.3 is 24.5 Å². The van der Waals surface area contributed by atoms with E-state index in [9.17, 15) is 5.11 Å². The van der Waals surface area contributed by atoms with Crippen LogP contribution in [0.15, 0.2) is 40.4 Å². The topological polar surface area (TPSA) is 96.5 Å². The molecule has 9 heteroatoms. The maximum atomic E-state index is 9.34. The first-order chi connectivity index (χ1) is 15.2. The van der Waals surface area contributed by atoms with Crippen molar-refractivity contribution in [2.24, 2.45) is 0 Å². The smallest absolute Gasteiger partial charge is 0.298 e. The maximum absolute atomic E-state index is 9.34. The fraction of sp³-hybridized carbons (Fsp3) is 0.318. The molecule has 2 unspecified atom stereocenters. The highest BCUT2D eigenvalue weighted by Crippen LogP contribution is 2.40. The molecule has 8 nitrogen and oxygen atoms in total. The molecule has 3 saturated heterocycles. The lowest BCUT2D eigenvalue weighted by atomic mass is 9.92. The van der Waals surface area contributed by atoms with E-state index in [1.54, 1.807) is 23.7 Å². The lowest BCUT2D eigenvalue weighted by molar-refractivity contribution is 0.220. The first-order valence-corrected chi connectivity index (χ1v) is 11.1. The summed E-state index contributed by atoms with van der Waals surface area (Å²) in [7, 11) is 0. The van der Waals surface area contributed by atoms with Crippen molar-refractivity contribution in [2.75, 3.05) is 18.0 Å². The van der Waals surface area contributed by atoms with Crippen LogP contribution in [0.1, 0.15) is 17.5 Å². The Kier molecular flexibility index (Phi) is 4.41. The number of aromatic nitrogens is 3. The number of benzene rings is 1.